The molecule has 2 aliphatic rings. The molecule has 4 heteroatoms. The number of nitrogens with two attached hydrogens (primary N) is 1. The van der Waals surface area contributed by atoms with E-state index in [2.05, 4.69) is 34.0 Å². The smallest absolute Gasteiger partial charge is 0.0416 e. The number of rotatable bonds is 5. The maximum Gasteiger partial charge on any atom is 0.0416 e. The van der Waals surface area contributed by atoms with Crippen LogP contribution in [0.5, 0.6) is 0 Å². The summed E-state index contributed by atoms with van der Waals surface area (Å²) in [5.74, 6) is 0.745. The lowest BCUT2D eigenvalue weighted by Crippen LogP contribution is -2.61. The summed E-state index contributed by atoms with van der Waals surface area (Å²) in [7, 11) is 2.25. The Hall–Kier alpha value is -0.970. The van der Waals surface area contributed by atoms with E-state index in [1.165, 1.54) is 38.2 Å². The summed E-state index contributed by atoms with van der Waals surface area (Å²) in [5, 5.41) is 0. The van der Waals surface area contributed by atoms with Gasteiger partial charge in [0.25, 0.3) is 0 Å². The third-order valence-electron chi connectivity index (χ3n) is 5.44. The highest BCUT2D eigenvalue weighted by Crippen LogP contribution is 2.38. The molecule has 1 aromatic rings. The van der Waals surface area contributed by atoms with Crippen molar-refractivity contribution in [3.05, 3.63) is 30.1 Å². The van der Waals surface area contributed by atoms with Gasteiger partial charge >= 0.3 is 0 Å². The number of fused-ring (bicyclic) bond motifs is 2. The Morgan fingerprint density at radius 1 is 1.45 bits per heavy atom. The lowest BCUT2D eigenvalue weighted by atomic mass is 9.77. The third-order valence-corrected chi connectivity index (χ3v) is 5.44. The number of piperidine rings is 1. The molecule has 4 nitrogen and oxygen atoms in total. The van der Waals surface area contributed by atoms with E-state index in [1.807, 2.05) is 12.3 Å². The van der Waals surface area contributed by atoms with Gasteiger partial charge in [-0.05, 0) is 51.0 Å². The number of likely N-dealkylation sites (N-methyl/N-ethyl adjacent to an activating group) is 1. The first kappa shape index (κ1) is 14.0. The zero-order valence-electron chi connectivity index (χ0n) is 12.5. The van der Waals surface area contributed by atoms with Crippen molar-refractivity contribution in [3.63, 3.8) is 0 Å². The number of aromatic nitrogens is 1. The van der Waals surface area contributed by atoms with Crippen LogP contribution < -0.4 is 5.73 Å². The van der Waals surface area contributed by atoms with Crippen molar-refractivity contribution < 1.29 is 0 Å². The predicted octanol–water partition coefficient (Wildman–Crippen LogP) is 0.979. The molecule has 1 aromatic heterocycles. The van der Waals surface area contributed by atoms with E-state index in [4.69, 9.17) is 5.73 Å². The van der Waals surface area contributed by atoms with Crippen LogP contribution >= 0.6 is 0 Å². The minimum absolute atomic E-state index is 0.210. The number of hydrogen-bond acceptors (Lipinski definition) is 4. The molecule has 2 bridgehead atoms. The summed E-state index contributed by atoms with van der Waals surface area (Å²) in [5.41, 5.74) is 7.60. The van der Waals surface area contributed by atoms with Crippen LogP contribution in [0.2, 0.25) is 0 Å². The molecule has 3 atom stereocenters. The standard InChI is InChI=1S/C16H26N4/c1-19(9-6-15-4-2-3-8-18-15)16(13-17)7-11-20-10-5-14(16)12-20/h2-4,8,14H,5-7,9-13,17H2,1H3. The highest BCUT2D eigenvalue weighted by molar-refractivity contribution is 5.07. The molecule has 3 rings (SSSR count). The molecule has 110 valence electrons. The molecule has 0 radical (unpaired) electrons. The monoisotopic (exact) mass is 274 g/mol. The van der Waals surface area contributed by atoms with Crippen LogP contribution in [-0.4, -0.2) is 60.1 Å². The third kappa shape index (κ3) is 2.48. The average Bonchev–Trinajstić information content (AvgIpc) is 2.90. The first-order valence-electron chi connectivity index (χ1n) is 7.78. The maximum atomic E-state index is 6.22. The van der Waals surface area contributed by atoms with E-state index in [0.717, 1.165) is 25.4 Å². The summed E-state index contributed by atoms with van der Waals surface area (Å²) in [4.78, 5) is 9.54. The zero-order chi connectivity index (χ0) is 14.0. The minimum atomic E-state index is 0.210. The first-order valence-corrected chi connectivity index (χ1v) is 7.78. The molecule has 3 unspecified atom stereocenters. The van der Waals surface area contributed by atoms with Crippen molar-refractivity contribution in [1.82, 2.24) is 14.8 Å². The topological polar surface area (TPSA) is 45.4 Å². The molecule has 2 aliphatic heterocycles. The molecule has 0 aromatic carbocycles. The Balaban J connectivity index is 1.66. The molecule has 20 heavy (non-hydrogen) atoms. The molecule has 0 amide bonds. The largest absolute Gasteiger partial charge is 0.329 e. The number of hydrogen-bond donors (Lipinski definition) is 1. The van der Waals surface area contributed by atoms with Crippen molar-refractivity contribution in [2.75, 3.05) is 39.8 Å². The molecule has 3 heterocycles. The van der Waals surface area contributed by atoms with Crippen molar-refractivity contribution in [2.45, 2.75) is 24.8 Å². The number of nitrogens with zero attached hydrogens (tertiary/aromatic N) is 3. The van der Waals surface area contributed by atoms with Gasteiger partial charge in [0.15, 0.2) is 0 Å². The van der Waals surface area contributed by atoms with E-state index in [-0.39, 0.29) is 5.54 Å². The SMILES string of the molecule is CN(CCc1ccccn1)C1(CN)CCN2CCC1C2. The Kier molecular flexibility index (Phi) is 4.06. The summed E-state index contributed by atoms with van der Waals surface area (Å²) in [6.07, 6.45) is 5.41. The average molecular weight is 274 g/mol. The van der Waals surface area contributed by atoms with Crippen LogP contribution in [0.4, 0.5) is 0 Å². The van der Waals surface area contributed by atoms with Gasteiger partial charge in [-0.3, -0.25) is 9.88 Å². The van der Waals surface area contributed by atoms with Gasteiger partial charge in [-0.15, -0.1) is 0 Å². The minimum Gasteiger partial charge on any atom is -0.329 e. The normalized spacial score (nSPS) is 32.8. The molecule has 2 N–H and O–H groups in total. The maximum absolute atomic E-state index is 6.22. The molecule has 0 aliphatic carbocycles. The molecular weight excluding hydrogens is 248 g/mol. The summed E-state index contributed by atoms with van der Waals surface area (Å²) >= 11 is 0. The Morgan fingerprint density at radius 2 is 2.35 bits per heavy atom. The van der Waals surface area contributed by atoms with E-state index in [1.54, 1.807) is 0 Å². The fourth-order valence-corrected chi connectivity index (χ4v) is 4.01. The predicted molar refractivity (Wildman–Crippen MR) is 81.5 cm³/mol. The lowest BCUT2D eigenvalue weighted by Gasteiger charge is -2.48. The Bertz CT molecular complexity index is 435. The van der Waals surface area contributed by atoms with E-state index < -0.39 is 0 Å². The van der Waals surface area contributed by atoms with Gasteiger partial charge < -0.3 is 10.6 Å². The quantitative estimate of drug-likeness (QED) is 0.869. The summed E-state index contributed by atoms with van der Waals surface area (Å²) in [6.45, 7) is 5.54. The van der Waals surface area contributed by atoms with Gasteiger partial charge in [0.2, 0.25) is 0 Å². The molecule has 0 spiro atoms. The van der Waals surface area contributed by atoms with Crippen molar-refractivity contribution in [2.24, 2.45) is 11.7 Å². The van der Waals surface area contributed by atoms with E-state index >= 15 is 0 Å². The summed E-state index contributed by atoms with van der Waals surface area (Å²) in [6, 6.07) is 6.15. The van der Waals surface area contributed by atoms with Crippen molar-refractivity contribution >= 4 is 0 Å². The first-order chi connectivity index (χ1) is 9.74. The second-order valence-electron chi connectivity index (χ2n) is 6.34. The van der Waals surface area contributed by atoms with Gasteiger partial charge in [-0.25, -0.2) is 0 Å². The number of pyridine rings is 1. The van der Waals surface area contributed by atoms with Crippen LogP contribution in [0, 0.1) is 5.92 Å². The fraction of sp³-hybridized carbons (Fsp3) is 0.688. The van der Waals surface area contributed by atoms with Gasteiger partial charge in [0.05, 0.1) is 0 Å². The lowest BCUT2D eigenvalue weighted by molar-refractivity contribution is 0.0274. The second kappa shape index (κ2) is 5.80. The second-order valence-corrected chi connectivity index (χ2v) is 6.34. The van der Waals surface area contributed by atoms with Crippen molar-refractivity contribution in [1.29, 1.82) is 0 Å². The molecule has 2 saturated heterocycles. The van der Waals surface area contributed by atoms with Gasteiger partial charge in [-0.1, -0.05) is 6.07 Å². The summed E-state index contributed by atoms with van der Waals surface area (Å²) < 4.78 is 0. The Labute approximate surface area is 122 Å². The van der Waals surface area contributed by atoms with E-state index in [9.17, 15) is 0 Å². The molecular formula is C16H26N4. The van der Waals surface area contributed by atoms with E-state index in [0.29, 0.717) is 0 Å². The van der Waals surface area contributed by atoms with Gasteiger partial charge in [0, 0.05) is 43.5 Å². The zero-order valence-corrected chi connectivity index (χ0v) is 12.5. The highest BCUT2D eigenvalue weighted by atomic mass is 15.3. The van der Waals surface area contributed by atoms with Gasteiger partial charge in [-0.2, -0.15) is 0 Å². The molecule has 2 fully saturated rings. The van der Waals surface area contributed by atoms with Crippen molar-refractivity contribution in [3.8, 4) is 0 Å². The van der Waals surface area contributed by atoms with Crippen LogP contribution in [-0.2, 0) is 6.42 Å². The van der Waals surface area contributed by atoms with Crippen LogP contribution in [0.3, 0.4) is 0 Å². The van der Waals surface area contributed by atoms with Crippen LogP contribution in [0.15, 0.2) is 24.4 Å². The highest BCUT2D eigenvalue weighted by Gasteiger charge is 2.47. The fourth-order valence-electron chi connectivity index (χ4n) is 4.01. The molecule has 0 saturated carbocycles. The van der Waals surface area contributed by atoms with Crippen LogP contribution in [0.1, 0.15) is 18.5 Å². The Morgan fingerprint density at radius 3 is 3.10 bits per heavy atom. The van der Waals surface area contributed by atoms with Crippen LogP contribution in [0.25, 0.3) is 0 Å². The van der Waals surface area contributed by atoms with Gasteiger partial charge in [0.1, 0.15) is 0 Å².